The van der Waals surface area contributed by atoms with E-state index in [2.05, 4.69) is 17.1 Å². The Kier molecular flexibility index (Phi) is 1.90. The molecular formula is C11H14N2O2. The fourth-order valence-electron chi connectivity index (χ4n) is 1.87. The molecule has 80 valence electrons. The molecule has 1 aromatic heterocycles. The molecular weight excluding hydrogens is 192 g/mol. The minimum atomic E-state index is 0.258. The summed E-state index contributed by atoms with van der Waals surface area (Å²) in [6.07, 6.45) is 3.56. The lowest BCUT2D eigenvalue weighted by atomic mass is 10.2. The maximum absolute atomic E-state index is 11.5. The third-order valence-electron chi connectivity index (χ3n) is 3.28. The molecule has 15 heavy (non-hydrogen) atoms. The number of aromatic nitrogens is 2. The van der Waals surface area contributed by atoms with Crippen LogP contribution in [-0.4, -0.2) is 15.9 Å². The van der Waals surface area contributed by atoms with Gasteiger partial charge in [0, 0.05) is 11.8 Å². The van der Waals surface area contributed by atoms with Crippen LogP contribution in [0.15, 0.2) is 4.52 Å². The predicted molar refractivity (Wildman–Crippen MR) is 52.3 cm³/mol. The van der Waals surface area contributed by atoms with Crippen molar-refractivity contribution in [3.8, 4) is 0 Å². The minimum absolute atomic E-state index is 0.258. The normalized spacial score (nSPS) is 29.1. The van der Waals surface area contributed by atoms with E-state index in [1.54, 1.807) is 0 Å². The highest BCUT2D eigenvalue weighted by atomic mass is 16.5. The van der Waals surface area contributed by atoms with Crippen molar-refractivity contribution in [2.45, 2.75) is 38.5 Å². The van der Waals surface area contributed by atoms with Crippen LogP contribution >= 0.6 is 0 Å². The second kappa shape index (κ2) is 3.15. The summed E-state index contributed by atoms with van der Waals surface area (Å²) in [7, 11) is 0. The zero-order valence-corrected chi connectivity index (χ0v) is 8.77. The van der Waals surface area contributed by atoms with Crippen LogP contribution in [0.3, 0.4) is 0 Å². The number of hydrogen-bond acceptors (Lipinski definition) is 4. The van der Waals surface area contributed by atoms with Crippen LogP contribution in [0.25, 0.3) is 0 Å². The molecule has 2 unspecified atom stereocenters. The first-order valence-corrected chi connectivity index (χ1v) is 5.59. The SMILES string of the molecule is CC1CC1c1noc(CC(=O)C2CC2)n1. The van der Waals surface area contributed by atoms with E-state index in [1.165, 1.54) is 0 Å². The molecule has 0 radical (unpaired) electrons. The van der Waals surface area contributed by atoms with Crippen molar-refractivity contribution < 1.29 is 9.32 Å². The number of nitrogens with zero attached hydrogens (tertiary/aromatic N) is 2. The summed E-state index contributed by atoms with van der Waals surface area (Å²) in [6, 6.07) is 0. The lowest BCUT2D eigenvalue weighted by Gasteiger charge is -1.90. The molecule has 2 fully saturated rings. The van der Waals surface area contributed by atoms with Gasteiger partial charge >= 0.3 is 0 Å². The Labute approximate surface area is 88.1 Å². The lowest BCUT2D eigenvalue weighted by molar-refractivity contribution is -0.119. The van der Waals surface area contributed by atoms with Gasteiger partial charge < -0.3 is 4.52 Å². The molecule has 0 amide bonds. The summed E-state index contributed by atoms with van der Waals surface area (Å²) in [6.45, 7) is 2.18. The summed E-state index contributed by atoms with van der Waals surface area (Å²) in [5, 5.41) is 3.92. The summed E-state index contributed by atoms with van der Waals surface area (Å²) < 4.78 is 5.08. The molecule has 0 bridgehead atoms. The van der Waals surface area contributed by atoms with E-state index in [1.807, 2.05) is 0 Å². The zero-order valence-electron chi connectivity index (χ0n) is 8.77. The molecule has 2 aliphatic carbocycles. The molecule has 0 aliphatic heterocycles. The van der Waals surface area contributed by atoms with E-state index in [0.29, 0.717) is 24.1 Å². The fraction of sp³-hybridized carbons (Fsp3) is 0.727. The standard InChI is InChI=1S/C11H14N2O2/c1-6-4-8(6)11-12-10(15-13-11)5-9(14)7-2-3-7/h6-8H,2-5H2,1H3. The third kappa shape index (κ3) is 1.80. The Hall–Kier alpha value is -1.19. The van der Waals surface area contributed by atoms with Gasteiger partial charge in [-0.15, -0.1) is 0 Å². The molecule has 3 rings (SSSR count). The van der Waals surface area contributed by atoms with Crippen molar-refractivity contribution in [2.75, 3.05) is 0 Å². The second-order valence-electron chi connectivity index (χ2n) is 4.78. The highest BCUT2D eigenvalue weighted by Gasteiger charge is 2.38. The van der Waals surface area contributed by atoms with Crippen molar-refractivity contribution >= 4 is 5.78 Å². The van der Waals surface area contributed by atoms with Crippen molar-refractivity contribution in [3.05, 3.63) is 11.7 Å². The van der Waals surface area contributed by atoms with Gasteiger partial charge in [0.25, 0.3) is 0 Å². The van der Waals surface area contributed by atoms with Crippen LogP contribution in [0.5, 0.6) is 0 Å². The molecule has 4 nitrogen and oxygen atoms in total. The largest absolute Gasteiger partial charge is 0.339 e. The number of hydrogen-bond donors (Lipinski definition) is 0. The van der Waals surface area contributed by atoms with Gasteiger partial charge in [0.2, 0.25) is 5.89 Å². The van der Waals surface area contributed by atoms with E-state index in [0.717, 1.165) is 25.1 Å². The molecule has 2 atom stereocenters. The number of carbonyl (C=O) groups is 1. The Morgan fingerprint density at radius 3 is 2.87 bits per heavy atom. The first-order valence-electron chi connectivity index (χ1n) is 5.59. The van der Waals surface area contributed by atoms with E-state index in [-0.39, 0.29) is 11.7 Å². The predicted octanol–water partition coefficient (Wildman–Crippen LogP) is 1.71. The molecule has 0 spiro atoms. The van der Waals surface area contributed by atoms with Crippen LogP contribution in [0.4, 0.5) is 0 Å². The second-order valence-corrected chi connectivity index (χ2v) is 4.78. The molecule has 4 heteroatoms. The van der Waals surface area contributed by atoms with Gasteiger partial charge in [0.15, 0.2) is 5.82 Å². The molecule has 1 aromatic rings. The monoisotopic (exact) mass is 206 g/mol. The Morgan fingerprint density at radius 1 is 1.53 bits per heavy atom. The first kappa shape index (κ1) is 9.07. The van der Waals surface area contributed by atoms with E-state index in [9.17, 15) is 4.79 Å². The highest BCUT2D eigenvalue weighted by Crippen LogP contribution is 2.45. The molecule has 2 saturated carbocycles. The van der Waals surface area contributed by atoms with Crippen LogP contribution in [-0.2, 0) is 11.2 Å². The van der Waals surface area contributed by atoms with Crippen molar-refractivity contribution in [1.29, 1.82) is 0 Å². The highest BCUT2D eigenvalue weighted by molar-refractivity contribution is 5.84. The van der Waals surface area contributed by atoms with Gasteiger partial charge in [-0.2, -0.15) is 4.98 Å². The third-order valence-corrected chi connectivity index (χ3v) is 3.28. The summed E-state index contributed by atoms with van der Waals surface area (Å²) in [4.78, 5) is 15.8. The van der Waals surface area contributed by atoms with Crippen LogP contribution in [0.2, 0.25) is 0 Å². The van der Waals surface area contributed by atoms with Gasteiger partial charge in [0.1, 0.15) is 5.78 Å². The maximum Gasteiger partial charge on any atom is 0.234 e. The van der Waals surface area contributed by atoms with Gasteiger partial charge in [-0.05, 0) is 25.2 Å². The molecule has 2 aliphatic rings. The topological polar surface area (TPSA) is 56.0 Å². The van der Waals surface area contributed by atoms with Crippen LogP contribution in [0.1, 0.15) is 43.8 Å². The van der Waals surface area contributed by atoms with Crippen molar-refractivity contribution in [1.82, 2.24) is 10.1 Å². The number of carbonyl (C=O) groups excluding carboxylic acids is 1. The summed E-state index contributed by atoms with van der Waals surface area (Å²) in [5.74, 6) is 2.98. The average molecular weight is 206 g/mol. The van der Waals surface area contributed by atoms with Gasteiger partial charge in [-0.3, -0.25) is 4.79 Å². The van der Waals surface area contributed by atoms with Gasteiger partial charge in [-0.25, -0.2) is 0 Å². The van der Waals surface area contributed by atoms with Gasteiger partial charge in [0.05, 0.1) is 6.42 Å². The number of rotatable bonds is 4. The Bertz CT molecular complexity index is 395. The lowest BCUT2D eigenvalue weighted by Crippen LogP contribution is -2.04. The smallest absolute Gasteiger partial charge is 0.234 e. The molecule has 0 N–H and O–H groups in total. The van der Waals surface area contributed by atoms with Gasteiger partial charge in [-0.1, -0.05) is 12.1 Å². The molecule has 0 aromatic carbocycles. The number of Topliss-reactive ketones (excluding diaryl/α,β-unsaturated/α-hetero) is 1. The van der Waals surface area contributed by atoms with E-state index in [4.69, 9.17) is 4.52 Å². The van der Waals surface area contributed by atoms with E-state index >= 15 is 0 Å². The maximum atomic E-state index is 11.5. The van der Waals surface area contributed by atoms with Crippen molar-refractivity contribution in [2.24, 2.45) is 11.8 Å². The Balaban J connectivity index is 1.65. The number of ketones is 1. The quantitative estimate of drug-likeness (QED) is 0.752. The van der Waals surface area contributed by atoms with Crippen molar-refractivity contribution in [3.63, 3.8) is 0 Å². The summed E-state index contributed by atoms with van der Waals surface area (Å²) >= 11 is 0. The average Bonchev–Trinajstić information content (AvgIpc) is 3.10. The first-order chi connectivity index (χ1) is 7.24. The van der Waals surface area contributed by atoms with Crippen LogP contribution in [0, 0.1) is 11.8 Å². The molecule has 0 saturated heterocycles. The fourth-order valence-corrected chi connectivity index (χ4v) is 1.87. The Morgan fingerprint density at radius 2 is 2.27 bits per heavy atom. The molecule has 1 heterocycles. The van der Waals surface area contributed by atoms with E-state index < -0.39 is 0 Å². The minimum Gasteiger partial charge on any atom is -0.339 e. The zero-order chi connectivity index (χ0) is 10.4. The summed E-state index contributed by atoms with van der Waals surface area (Å²) in [5.41, 5.74) is 0. The van der Waals surface area contributed by atoms with Crippen LogP contribution < -0.4 is 0 Å².